The van der Waals surface area contributed by atoms with E-state index in [4.69, 9.17) is 0 Å². The molecule has 0 spiro atoms. The van der Waals surface area contributed by atoms with Crippen molar-refractivity contribution in [1.29, 1.82) is 0 Å². The summed E-state index contributed by atoms with van der Waals surface area (Å²) < 4.78 is 0. The Morgan fingerprint density at radius 2 is 1.87 bits per heavy atom. The van der Waals surface area contributed by atoms with E-state index in [1.54, 1.807) is 6.08 Å². The first-order valence-corrected chi connectivity index (χ1v) is 8.31. The maximum atomic E-state index is 12.0. The maximum absolute atomic E-state index is 12.0. The number of thioether (sulfide) groups is 1. The molecule has 0 unspecified atom stereocenters. The van der Waals surface area contributed by atoms with Crippen LogP contribution in [0.2, 0.25) is 0 Å². The van der Waals surface area contributed by atoms with Crippen molar-refractivity contribution in [2.75, 3.05) is 19.0 Å². The molecule has 0 aliphatic carbocycles. The van der Waals surface area contributed by atoms with E-state index in [1.807, 2.05) is 6.07 Å². The number of hydrogen-bond donors (Lipinski definition) is 0. The van der Waals surface area contributed by atoms with Crippen LogP contribution >= 0.6 is 11.8 Å². The highest BCUT2D eigenvalue weighted by atomic mass is 32.2. The fraction of sp³-hybridized carbons (Fsp3) is 0.333. The molecule has 0 saturated carbocycles. The third-order valence-corrected chi connectivity index (χ3v) is 5.49. The van der Waals surface area contributed by atoms with E-state index in [9.17, 15) is 9.59 Å². The highest BCUT2D eigenvalue weighted by molar-refractivity contribution is 8.18. The van der Waals surface area contributed by atoms with Gasteiger partial charge in [0.1, 0.15) is 0 Å². The number of imide groups is 1. The van der Waals surface area contributed by atoms with Crippen molar-refractivity contribution in [2.24, 2.45) is 0 Å². The first-order valence-electron chi connectivity index (χ1n) is 7.50. The fourth-order valence-electron chi connectivity index (χ4n) is 2.96. The monoisotopic (exact) mass is 328 g/mol. The second-order valence-electron chi connectivity index (χ2n) is 6.56. The molecule has 1 saturated heterocycles. The van der Waals surface area contributed by atoms with E-state index >= 15 is 0 Å². The summed E-state index contributed by atoms with van der Waals surface area (Å²) in [5.41, 5.74) is 4.47. The third-order valence-electron chi connectivity index (χ3n) is 4.53. The number of hydrogen-bond acceptors (Lipinski definition) is 4. The van der Waals surface area contributed by atoms with E-state index in [0.717, 1.165) is 27.8 Å². The standard InChI is InChI=1S/C18H20N2O2S/c1-11-10-18(2,3)20(5)14-7-6-12(8-13(11)14)9-15-16(21)19(4)17(22)23-15/h6-10H,1-5H3/b15-9-. The summed E-state index contributed by atoms with van der Waals surface area (Å²) in [6.07, 6.45) is 4.04. The predicted molar refractivity (Wildman–Crippen MR) is 96.3 cm³/mol. The minimum Gasteiger partial charge on any atom is -0.366 e. The number of likely N-dealkylation sites (N-methyl/N-ethyl adjacent to an activating group) is 2. The van der Waals surface area contributed by atoms with Crippen LogP contribution in [0.25, 0.3) is 11.6 Å². The molecule has 0 bridgehead atoms. The summed E-state index contributed by atoms with van der Waals surface area (Å²) in [5.74, 6) is -0.233. The number of carbonyl (C=O) groups excluding carboxylic acids is 2. The van der Waals surface area contributed by atoms with E-state index in [-0.39, 0.29) is 16.7 Å². The van der Waals surface area contributed by atoms with Gasteiger partial charge in [0.25, 0.3) is 11.1 Å². The lowest BCUT2D eigenvalue weighted by atomic mass is 9.88. The number of carbonyl (C=O) groups is 2. The van der Waals surface area contributed by atoms with E-state index in [2.05, 4.69) is 50.9 Å². The van der Waals surface area contributed by atoms with Crippen LogP contribution in [0.3, 0.4) is 0 Å². The Morgan fingerprint density at radius 1 is 1.17 bits per heavy atom. The maximum Gasteiger partial charge on any atom is 0.293 e. The van der Waals surface area contributed by atoms with Crippen LogP contribution in [0.5, 0.6) is 0 Å². The zero-order chi connectivity index (χ0) is 16.9. The number of fused-ring (bicyclic) bond motifs is 1. The van der Waals surface area contributed by atoms with Gasteiger partial charge in [-0.05, 0) is 61.9 Å². The third kappa shape index (κ3) is 2.59. The Balaban J connectivity index is 2.02. The highest BCUT2D eigenvalue weighted by Crippen LogP contribution is 2.39. The molecule has 1 aromatic carbocycles. The number of rotatable bonds is 1. The van der Waals surface area contributed by atoms with Gasteiger partial charge < -0.3 is 4.90 Å². The molecule has 5 heteroatoms. The molecule has 1 fully saturated rings. The molecule has 2 aliphatic heterocycles. The Morgan fingerprint density at radius 3 is 2.48 bits per heavy atom. The van der Waals surface area contributed by atoms with Gasteiger partial charge in [0.2, 0.25) is 0 Å². The van der Waals surface area contributed by atoms with Crippen LogP contribution in [0.4, 0.5) is 10.5 Å². The van der Waals surface area contributed by atoms with Gasteiger partial charge in [-0.15, -0.1) is 0 Å². The first kappa shape index (κ1) is 15.9. The van der Waals surface area contributed by atoms with Gasteiger partial charge in [0, 0.05) is 25.3 Å². The quantitative estimate of drug-likeness (QED) is 0.731. The molecular formula is C18H20N2O2S. The topological polar surface area (TPSA) is 40.6 Å². The SMILES string of the molecule is CC1=CC(C)(C)N(C)c2ccc(/C=C3\SC(=O)N(C)C3=O)cc21. The summed E-state index contributed by atoms with van der Waals surface area (Å²) in [6.45, 7) is 6.48. The molecule has 3 rings (SSSR count). The molecule has 23 heavy (non-hydrogen) atoms. The summed E-state index contributed by atoms with van der Waals surface area (Å²) in [4.78, 5) is 27.5. The Hall–Kier alpha value is -2.01. The van der Waals surface area contributed by atoms with Gasteiger partial charge in [-0.25, -0.2) is 0 Å². The number of nitrogens with zero attached hydrogens (tertiary/aromatic N) is 2. The molecule has 2 amide bonds. The van der Waals surface area contributed by atoms with Crippen molar-refractivity contribution in [3.05, 3.63) is 40.3 Å². The molecule has 0 N–H and O–H groups in total. The minimum absolute atomic E-state index is 0.0243. The molecule has 0 aromatic heterocycles. The van der Waals surface area contributed by atoms with Crippen LogP contribution in [0.15, 0.2) is 29.2 Å². The number of anilines is 1. The molecule has 0 atom stereocenters. The number of benzene rings is 1. The summed E-state index contributed by atoms with van der Waals surface area (Å²) >= 11 is 0.989. The van der Waals surface area contributed by atoms with Crippen LogP contribution < -0.4 is 4.90 Å². The van der Waals surface area contributed by atoms with Crippen LogP contribution in [0, 0.1) is 0 Å². The van der Waals surface area contributed by atoms with Gasteiger partial charge in [0.15, 0.2) is 0 Å². The van der Waals surface area contributed by atoms with Crippen molar-refractivity contribution in [1.82, 2.24) is 4.90 Å². The van der Waals surface area contributed by atoms with E-state index < -0.39 is 0 Å². The lowest BCUT2D eigenvalue weighted by Crippen LogP contribution is -2.42. The van der Waals surface area contributed by atoms with Gasteiger partial charge in [-0.1, -0.05) is 12.1 Å². The smallest absolute Gasteiger partial charge is 0.293 e. The molecule has 2 heterocycles. The van der Waals surface area contributed by atoms with Crippen molar-refractivity contribution in [3.63, 3.8) is 0 Å². The lowest BCUT2D eigenvalue weighted by Gasteiger charge is -2.40. The Kier molecular flexibility index (Phi) is 3.64. The van der Waals surface area contributed by atoms with Gasteiger partial charge in [-0.2, -0.15) is 0 Å². The largest absolute Gasteiger partial charge is 0.366 e. The highest BCUT2D eigenvalue weighted by Gasteiger charge is 2.32. The normalized spacial score (nSPS) is 21.8. The number of allylic oxidation sites excluding steroid dienone is 1. The second-order valence-corrected chi connectivity index (χ2v) is 7.55. The van der Waals surface area contributed by atoms with Crippen molar-refractivity contribution in [2.45, 2.75) is 26.3 Å². The van der Waals surface area contributed by atoms with E-state index in [1.165, 1.54) is 18.3 Å². The average molecular weight is 328 g/mol. The average Bonchev–Trinajstić information content (AvgIpc) is 2.72. The molecule has 120 valence electrons. The van der Waals surface area contributed by atoms with Crippen molar-refractivity contribution >= 4 is 40.2 Å². The van der Waals surface area contributed by atoms with Crippen LogP contribution in [-0.2, 0) is 4.79 Å². The molecule has 2 aliphatic rings. The first-order chi connectivity index (χ1) is 10.7. The van der Waals surface area contributed by atoms with Crippen molar-refractivity contribution in [3.8, 4) is 0 Å². The number of amides is 2. The summed E-state index contributed by atoms with van der Waals surface area (Å²) in [7, 11) is 3.60. The summed E-state index contributed by atoms with van der Waals surface area (Å²) in [5, 5.41) is -0.225. The Bertz CT molecular complexity index is 777. The zero-order valence-corrected chi connectivity index (χ0v) is 14.8. The zero-order valence-electron chi connectivity index (χ0n) is 14.0. The second kappa shape index (κ2) is 5.27. The van der Waals surface area contributed by atoms with Crippen molar-refractivity contribution < 1.29 is 9.59 Å². The predicted octanol–water partition coefficient (Wildman–Crippen LogP) is 3.98. The minimum atomic E-state index is -0.233. The molecule has 0 radical (unpaired) electrons. The van der Waals surface area contributed by atoms with Gasteiger partial charge >= 0.3 is 0 Å². The van der Waals surface area contributed by atoms with Crippen LogP contribution in [-0.4, -0.2) is 35.7 Å². The molecule has 4 nitrogen and oxygen atoms in total. The lowest BCUT2D eigenvalue weighted by molar-refractivity contribution is -0.121. The Labute approximate surface area is 140 Å². The fourth-order valence-corrected chi connectivity index (χ4v) is 3.79. The summed E-state index contributed by atoms with van der Waals surface area (Å²) in [6, 6.07) is 6.15. The molecule has 1 aromatic rings. The van der Waals surface area contributed by atoms with Crippen LogP contribution in [0.1, 0.15) is 31.9 Å². The molecular weight excluding hydrogens is 308 g/mol. The van der Waals surface area contributed by atoms with Gasteiger partial charge in [-0.3, -0.25) is 14.5 Å². The van der Waals surface area contributed by atoms with E-state index in [0.29, 0.717) is 4.91 Å². The van der Waals surface area contributed by atoms with Gasteiger partial charge in [0.05, 0.1) is 10.4 Å².